The fourth-order valence-electron chi connectivity index (χ4n) is 2.44. The Hall–Kier alpha value is -0.120. The van der Waals surface area contributed by atoms with Gasteiger partial charge in [0.15, 0.2) is 0 Å². The van der Waals surface area contributed by atoms with Crippen LogP contribution in [0.4, 0.5) is 0 Å². The van der Waals surface area contributed by atoms with Crippen molar-refractivity contribution < 1.29 is 4.74 Å². The Morgan fingerprint density at radius 3 is 1.16 bits per heavy atom. The fraction of sp³-hybridized carbons (Fsp3) is 1.00. The lowest BCUT2D eigenvalue weighted by atomic mass is 9.77. The molecule has 0 aromatic rings. The zero-order valence-electron chi connectivity index (χ0n) is 18.8. The minimum atomic E-state index is 0.616. The van der Waals surface area contributed by atoms with E-state index in [0.717, 1.165) is 25.0 Å². The van der Waals surface area contributed by atoms with Crippen molar-refractivity contribution in [2.24, 2.45) is 17.3 Å². The summed E-state index contributed by atoms with van der Waals surface area (Å²) in [5, 5.41) is 6.64. The summed E-state index contributed by atoms with van der Waals surface area (Å²) in [5.41, 5.74) is 0.616. The molecular weight excluding hydrogens is 308 g/mol. The normalized spacial score (nSPS) is 20.4. The number of hydrogen-bond donors (Lipinski definition) is 2. The molecule has 0 saturated carbocycles. The van der Waals surface area contributed by atoms with Crippen molar-refractivity contribution in [3.8, 4) is 0 Å². The van der Waals surface area contributed by atoms with Gasteiger partial charge in [0, 0.05) is 5.41 Å². The number of hydrogen-bond acceptors (Lipinski definition) is 3. The van der Waals surface area contributed by atoms with Crippen LogP contribution in [-0.4, -0.2) is 39.4 Å². The predicted octanol–water partition coefficient (Wildman–Crippen LogP) is 5.50. The Balaban J connectivity index is 0. The van der Waals surface area contributed by atoms with E-state index in [0.29, 0.717) is 5.41 Å². The second-order valence-corrected chi connectivity index (χ2v) is 8.52. The molecule has 0 atom stereocenters. The first-order chi connectivity index (χ1) is 11.9. The van der Waals surface area contributed by atoms with E-state index in [1.54, 1.807) is 0 Å². The zero-order chi connectivity index (χ0) is 19.6. The maximum absolute atomic E-state index is 5.19. The summed E-state index contributed by atoms with van der Waals surface area (Å²) in [6, 6.07) is 0. The third kappa shape index (κ3) is 20.0. The minimum absolute atomic E-state index is 0.616. The molecular formula is C22H50N2O. The van der Waals surface area contributed by atoms with Crippen LogP contribution < -0.4 is 10.6 Å². The maximum Gasteiger partial charge on any atom is 0.0545 e. The van der Waals surface area contributed by atoms with Gasteiger partial charge in [-0.25, -0.2) is 0 Å². The molecule has 154 valence electrons. The quantitative estimate of drug-likeness (QED) is 0.600. The van der Waals surface area contributed by atoms with Crippen LogP contribution in [0.3, 0.4) is 0 Å². The highest BCUT2D eigenvalue weighted by Crippen LogP contribution is 2.35. The summed E-state index contributed by atoms with van der Waals surface area (Å²) in [6.45, 7) is 23.9. The zero-order valence-corrected chi connectivity index (χ0v) is 18.8. The predicted molar refractivity (Wildman–Crippen MR) is 114 cm³/mol. The summed E-state index contributed by atoms with van der Waals surface area (Å²) < 4.78 is 5.19. The molecule has 0 radical (unpaired) electrons. The fourth-order valence-corrected chi connectivity index (χ4v) is 2.44. The van der Waals surface area contributed by atoms with E-state index in [4.69, 9.17) is 4.74 Å². The van der Waals surface area contributed by atoms with Crippen molar-refractivity contribution in [1.29, 1.82) is 0 Å². The van der Waals surface area contributed by atoms with Gasteiger partial charge in [0.05, 0.1) is 13.2 Å². The molecule has 2 N–H and O–H groups in total. The molecule has 0 aliphatic carbocycles. The van der Waals surface area contributed by atoms with Gasteiger partial charge in [0.25, 0.3) is 0 Å². The Morgan fingerprint density at radius 2 is 1.00 bits per heavy atom. The average Bonchev–Trinajstić information content (AvgIpc) is 2.57. The molecule has 25 heavy (non-hydrogen) atoms. The average molecular weight is 359 g/mol. The standard InChI is InChI=1S/C7H13NO.C5H11N.2C4H10.C2H6/c1-3-8-4-2-7(1)5-9-6-7;1-2-4-6-5-3-1;2*1-4(2)3;1-2/h8H,1-6H2;6H,1-5H2;2*4H,1-3H3;1-2H3. The number of piperidine rings is 2. The molecule has 0 aromatic heterocycles. The Bertz CT molecular complexity index is 215. The van der Waals surface area contributed by atoms with Crippen molar-refractivity contribution in [1.82, 2.24) is 10.6 Å². The topological polar surface area (TPSA) is 33.3 Å². The molecule has 0 aromatic carbocycles. The Morgan fingerprint density at radius 1 is 0.640 bits per heavy atom. The lowest BCUT2D eigenvalue weighted by Gasteiger charge is -2.44. The minimum Gasteiger partial charge on any atom is -0.380 e. The SMILES string of the molecule is C1CC2(CCN1)COC2.C1CCNCC1.CC.CC(C)C.CC(C)C. The Kier molecular flexibility index (Phi) is 20.2. The van der Waals surface area contributed by atoms with Crippen molar-refractivity contribution >= 4 is 0 Å². The highest BCUT2D eigenvalue weighted by atomic mass is 16.5. The van der Waals surface area contributed by atoms with Gasteiger partial charge in [0.2, 0.25) is 0 Å². The van der Waals surface area contributed by atoms with E-state index in [-0.39, 0.29) is 0 Å². The van der Waals surface area contributed by atoms with Crippen molar-refractivity contribution in [3.63, 3.8) is 0 Å². The highest BCUT2D eigenvalue weighted by Gasteiger charge is 2.38. The van der Waals surface area contributed by atoms with Crippen molar-refractivity contribution in [2.45, 2.75) is 87.5 Å². The van der Waals surface area contributed by atoms with Crippen LogP contribution in [0, 0.1) is 17.3 Å². The van der Waals surface area contributed by atoms with Crippen LogP contribution in [-0.2, 0) is 4.74 Å². The first kappa shape index (κ1) is 27.1. The summed E-state index contributed by atoms with van der Waals surface area (Å²) in [5.74, 6) is 1.67. The van der Waals surface area contributed by atoms with Crippen LogP contribution in [0.15, 0.2) is 0 Å². The molecule has 3 saturated heterocycles. The van der Waals surface area contributed by atoms with E-state index in [1.807, 2.05) is 13.8 Å². The van der Waals surface area contributed by atoms with Crippen LogP contribution in [0.2, 0.25) is 0 Å². The van der Waals surface area contributed by atoms with Crippen LogP contribution in [0.25, 0.3) is 0 Å². The monoisotopic (exact) mass is 358 g/mol. The first-order valence-corrected chi connectivity index (χ1v) is 10.9. The summed E-state index contributed by atoms with van der Waals surface area (Å²) >= 11 is 0. The molecule has 3 heterocycles. The smallest absolute Gasteiger partial charge is 0.0545 e. The van der Waals surface area contributed by atoms with Crippen LogP contribution in [0.5, 0.6) is 0 Å². The van der Waals surface area contributed by atoms with Crippen LogP contribution >= 0.6 is 0 Å². The second kappa shape index (κ2) is 18.7. The first-order valence-electron chi connectivity index (χ1n) is 10.9. The van der Waals surface area contributed by atoms with Crippen LogP contribution in [0.1, 0.15) is 87.5 Å². The highest BCUT2D eigenvalue weighted by molar-refractivity contribution is 4.89. The summed E-state index contributed by atoms with van der Waals surface area (Å²) in [6.07, 6.45) is 6.87. The van der Waals surface area contributed by atoms with Gasteiger partial charge in [-0.15, -0.1) is 0 Å². The van der Waals surface area contributed by atoms with Gasteiger partial charge in [-0.05, 0) is 63.7 Å². The molecule has 3 fully saturated rings. The van der Waals surface area contributed by atoms with Crippen molar-refractivity contribution in [3.05, 3.63) is 0 Å². The molecule has 3 aliphatic rings. The maximum atomic E-state index is 5.19. The van der Waals surface area contributed by atoms with Gasteiger partial charge in [0.1, 0.15) is 0 Å². The van der Waals surface area contributed by atoms with E-state index < -0.39 is 0 Å². The Labute approximate surface area is 160 Å². The molecule has 0 amide bonds. The van der Waals surface area contributed by atoms with Gasteiger partial charge >= 0.3 is 0 Å². The van der Waals surface area contributed by atoms with Gasteiger partial charge in [-0.3, -0.25) is 0 Å². The summed E-state index contributed by atoms with van der Waals surface area (Å²) in [4.78, 5) is 0. The number of nitrogens with one attached hydrogen (secondary N) is 2. The molecule has 0 bridgehead atoms. The molecule has 3 aliphatic heterocycles. The molecule has 1 spiro atoms. The molecule has 3 rings (SSSR count). The van der Waals surface area contributed by atoms with Gasteiger partial charge in [-0.1, -0.05) is 61.8 Å². The van der Waals surface area contributed by atoms with Gasteiger partial charge < -0.3 is 15.4 Å². The lowest BCUT2D eigenvalue weighted by molar-refractivity contribution is -0.127. The van der Waals surface area contributed by atoms with E-state index in [2.05, 4.69) is 52.2 Å². The molecule has 3 heteroatoms. The third-order valence-corrected chi connectivity index (χ3v) is 3.69. The third-order valence-electron chi connectivity index (χ3n) is 3.69. The summed E-state index contributed by atoms with van der Waals surface area (Å²) in [7, 11) is 0. The largest absolute Gasteiger partial charge is 0.380 e. The van der Waals surface area contributed by atoms with E-state index in [9.17, 15) is 0 Å². The number of rotatable bonds is 0. The molecule has 3 nitrogen and oxygen atoms in total. The molecule has 0 unspecified atom stereocenters. The van der Waals surface area contributed by atoms with Crippen molar-refractivity contribution in [2.75, 3.05) is 39.4 Å². The second-order valence-electron chi connectivity index (χ2n) is 8.52. The van der Waals surface area contributed by atoms with Gasteiger partial charge in [-0.2, -0.15) is 0 Å². The number of ether oxygens (including phenoxy) is 1. The van der Waals surface area contributed by atoms with E-state index >= 15 is 0 Å². The lowest BCUT2D eigenvalue weighted by Crippen LogP contribution is -2.49. The van der Waals surface area contributed by atoms with E-state index in [1.165, 1.54) is 58.3 Å².